The third-order valence-corrected chi connectivity index (χ3v) is 7.13. The summed E-state index contributed by atoms with van der Waals surface area (Å²) >= 11 is 0. The van der Waals surface area contributed by atoms with Gasteiger partial charge >= 0.3 is 0 Å². The molecule has 1 aliphatic heterocycles. The molecule has 0 spiro atoms. The normalized spacial score (nSPS) is 27.3. The van der Waals surface area contributed by atoms with E-state index in [1.54, 1.807) is 18.3 Å². The zero-order valence-corrected chi connectivity index (χ0v) is 17.7. The standard InChI is InChI=1S/C24H22F2N4O3/c25-19-5-15(6-20(26)18(19)12-31)21-3-4-29-30(21)23(32)24-7-16(8-24)17(9-24)13-33-22-2-1-14(10-27)11-28-22/h1-2,4-6,11,16-17,21,31H,3,7-9,12-13H2. The maximum Gasteiger partial charge on any atom is 0.249 e. The molecule has 6 rings (SSSR count). The molecule has 3 fully saturated rings. The van der Waals surface area contributed by atoms with E-state index in [0.717, 1.165) is 12.8 Å². The first-order valence-electron chi connectivity index (χ1n) is 10.9. The van der Waals surface area contributed by atoms with E-state index in [9.17, 15) is 13.6 Å². The Morgan fingerprint density at radius 2 is 2.03 bits per heavy atom. The van der Waals surface area contributed by atoms with Crippen LogP contribution in [0.2, 0.25) is 0 Å². The maximum absolute atomic E-state index is 14.2. The number of amides is 1. The van der Waals surface area contributed by atoms with E-state index in [2.05, 4.69) is 10.1 Å². The number of rotatable bonds is 6. The zero-order valence-electron chi connectivity index (χ0n) is 17.7. The van der Waals surface area contributed by atoms with Crippen molar-refractivity contribution in [1.29, 1.82) is 5.26 Å². The van der Waals surface area contributed by atoms with Gasteiger partial charge in [-0.25, -0.2) is 18.8 Å². The molecular formula is C24H22F2N4O3. The lowest BCUT2D eigenvalue weighted by atomic mass is 9.68. The van der Waals surface area contributed by atoms with Gasteiger partial charge in [0.15, 0.2) is 0 Å². The number of aromatic nitrogens is 1. The van der Waals surface area contributed by atoms with Gasteiger partial charge in [0, 0.05) is 30.5 Å². The highest BCUT2D eigenvalue weighted by atomic mass is 19.1. The van der Waals surface area contributed by atoms with E-state index in [-0.39, 0.29) is 17.4 Å². The number of aliphatic hydroxyl groups excluding tert-OH is 1. The van der Waals surface area contributed by atoms with Gasteiger partial charge in [0.25, 0.3) is 0 Å². The zero-order chi connectivity index (χ0) is 23.2. The molecule has 2 heterocycles. The summed E-state index contributed by atoms with van der Waals surface area (Å²) in [6.07, 6.45) is 5.57. The topological polar surface area (TPSA) is 98.8 Å². The van der Waals surface area contributed by atoms with Crippen molar-refractivity contribution in [2.75, 3.05) is 6.61 Å². The Morgan fingerprint density at radius 1 is 1.27 bits per heavy atom. The lowest BCUT2D eigenvalue weighted by Gasteiger charge is -2.40. The van der Waals surface area contributed by atoms with Crippen LogP contribution in [0, 0.1) is 40.2 Å². The molecule has 170 valence electrons. The number of halogens is 2. The van der Waals surface area contributed by atoms with Crippen LogP contribution in [0.15, 0.2) is 35.6 Å². The van der Waals surface area contributed by atoms with Crippen LogP contribution in [0.4, 0.5) is 8.78 Å². The van der Waals surface area contributed by atoms with Crippen LogP contribution < -0.4 is 4.74 Å². The number of hydrogen-bond acceptors (Lipinski definition) is 6. The molecule has 4 aliphatic rings. The van der Waals surface area contributed by atoms with Gasteiger partial charge in [-0.15, -0.1) is 0 Å². The highest BCUT2D eigenvalue weighted by Gasteiger charge is 2.62. The second-order valence-electron chi connectivity index (χ2n) is 9.04. The third-order valence-electron chi connectivity index (χ3n) is 7.13. The minimum absolute atomic E-state index is 0.122. The molecule has 1 aromatic heterocycles. The van der Waals surface area contributed by atoms with E-state index in [0.29, 0.717) is 42.4 Å². The number of fused-ring (bicyclic) bond motifs is 1. The lowest BCUT2D eigenvalue weighted by Crippen LogP contribution is -2.45. The second kappa shape index (κ2) is 8.19. The summed E-state index contributed by atoms with van der Waals surface area (Å²) in [5, 5.41) is 23.6. The molecule has 0 saturated heterocycles. The molecule has 3 aliphatic carbocycles. The number of carbonyl (C=O) groups excluding carboxylic acids is 1. The van der Waals surface area contributed by atoms with Crippen LogP contribution in [0.25, 0.3) is 0 Å². The summed E-state index contributed by atoms with van der Waals surface area (Å²) in [5.41, 5.74) is -0.128. The Kier molecular flexibility index (Phi) is 5.33. The molecule has 9 heteroatoms. The molecule has 1 N–H and O–H groups in total. The molecule has 3 saturated carbocycles. The highest BCUT2D eigenvalue weighted by molar-refractivity contribution is 5.86. The number of carbonyl (C=O) groups is 1. The van der Waals surface area contributed by atoms with Crippen molar-refractivity contribution in [1.82, 2.24) is 9.99 Å². The van der Waals surface area contributed by atoms with Crippen LogP contribution >= 0.6 is 0 Å². The molecule has 2 unspecified atom stereocenters. The largest absolute Gasteiger partial charge is 0.477 e. The fourth-order valence-corrected chi connectivity index (χ4v) is 5.39. The van der Waals surface area contributed by atoms with Gasteiger partial charge in [0.1, 0.15) is 17.7 Å². The van der Waals surface area contributed by atoms with E-state index < -0.39 is 29.7 Å². The average Bonchev–Trinajstić information content (AvgIpc) is 3.50. The summed E-state index contributed by atoms with van der Waals surface area (Å²) < 4.78 is 34.2. The van der Waals surface area contributed by atoms with Crippen molar-refractivity contribution in [3.63, 3.8) is 0 Å². The maximum atomic E-state index is 14.2. The van der Waals surface area contributed by atoms with Gasteiger partial charge in [0.05, 0.1) is 30.2 Å². The highest BCUT2D eigenvalue weighted by Crippen LogP contribution is 2.63. The SMILES string of the molecule is N#Cc1ccc(OCC2CC3(C(=O)N4N=CCC4c4cc(F)c(CO)c(F)c4)CC2C3)nc1. The smallest absolute Gasteiger partial charge is 0.249 e. The fraction of sp³-hybridized carbons (Fsp3) is 0.417. The number of benzene rings is 1. The first-order valence-corrected chi connectivity index (χ1v) is 10.9. The molecule has 2 aromatic rings. The van der Waals surface area contributed by atoms with Crippen LogP contribution in [0.5, 0.6) is 5.88 Å². The minimum atomic E-state index is -0.830. The number of hydrazone groups is 1. The Hall–Kier alpha value is -3.38. The van der Waals surface area contributed by atoms with Crippen LogP contribution in [-0.2, 0) is 11.4 Å². The van der Waals surface area contributed by atoms with Crippen LogP contribution in [-0.4, -0.2) is 33.8 Å². The second-order valence-corrected chi connectivity index (χ2v) is 9.04. The molecule has 2 bridgehead atoms. The van der Waals surface area contributed by atoms with Crippen molar-refractivity contribution in [3.8, 4) is 11.9 Å². The fourth-order valence-electron chi connectivity index (χ4n) is 5.39. The van der Waals surface area contributed by atoms with Gasteiger partial charge in [-0.1, -0.05) is 0 Å². The number of nitriles is 1. The summed E-state index contributed by atoms with van der Waals surface area (Å²) in [5.74, 6) is -0.765. The number of ether oxygens (including phenoxy) is 1. The van der Waals surface area contributed by atoms with Crippen LogP contribution in [0.1, 0.15) is 48.4 Å². The monoisotopic (exact) mass is 452 g/mol. The third kappa shape index (κ3) is 3.64. The molecule has 1 aromatic carbocycles. The molecular weight excluding hydrogens is 430 g/mol. The number of nitrogens with zero attached hydrogens (tertiary/aromatic N) is 4. The quantitative estimate of drug-likeness (QED) is 0.724. The average molecular weight is 452 g/mol. The van der Waals surface area contributed by atoms with Gasteiger partial charge < -0.3 is 9.84 Å². The summed E-state index contributed by atoms with van der Waals surface area (Å²) in [4.78, 5) is 17.6. The van der Waals surface area contributed by atoms with Gasteiger partial charge in [0.2, 0.25) is 11.8 Å². The van der Waals surface area contributed by atoms with E-state index in [4.69, 9.17) is 15.1 Å². The predicted molar refractivity (Wildman–Crippen MR) is 113 cm³/mol. The number of hydrogen-bond donors (Lipinski definition) is 1. The Bertz CT molecular complexity index is 1130. The Balaban J connectivity index is 1.26. The first-order chi connectivity index (χ1) is 15.9. The van der Waals surface area contributed by atoms with Crippen LogP contribution in [0.3, 0.4) is 0 Å². The summed E-state index contributed by atoms with van der Waals surface area (Å²) in [6.45, 7) is -0.294. The van der Waals surface area contributed by atoms with Crippen molar-refractivity contribution >= 4 is 12.1 Å². The minimum Gasteiger partial charge on any atom is -0.477 e. The summed E-state index contributed by atoms with van der Waals surface area (Å²) in [7, 11) is 0. The Morgan fingerprint density at radius 3 is 2.67 bits per heavy atom. The first kappa shape index (κ1) is 21.5. The van der Waals surface area contributed by atoms with Gasteiger partial charge in [-0.3, -0.25) is 4.79 Å². The van der Waals surface area contributed by atoms with Crippen molar-refractivity contribution in [3.05, 3.63) is 58.8 Å². The number of pyridine rings is 1. The molecule has 33 heavy (non-hydrogen) atoms. The van der Waals surface area contributed by atoms with Crippen molar-refractivity contribution < 1.29 is 23.4 Å². The van der Waals surface area contributed by atoms with E-state index in [1.165, 1.54) is 23.3 Å². The van der Waals surface area contributed by atoms with E-state index in [1.807, 2.05) is 6.07 Å². The predicted octanol–water partition coefficient (Wildman–Crippen LogP) is 3.48. The van der Waals surface area contributed by atoms with Gasteiger partial charge in [-0.2, -0.15) is 10.4 Å². The number of aliphatic hydroxyl groups is 1. The molecule has 7 nitrogen and oxygen atoms in total. The van der Waals surface area contributed by atoms with E-state index >= 15 is 0 Å². The lowest BCUT2D eigenvalue weighted by molar-refractivity contribution is -0.148. The van der Waals surface area contributed by atoms with Gasteiger partial charge in [-0.05, 0) is 54.9 Å². The Labute approximate surface area is 189 Å². The van der Waals surface area contributed by atoms with Crippen molar-refractivity contribution in [2.45, 2.75) is 38.3 Å². The molecule has 2 atom stereocenters. The van der Waals surface area contributed by atoms with Crippen molar-refractivity contribution in [2.24, 2.45) is 22.4 Å². The molecule has 0 radical (unpaired) electrons. The molecule has 1 amide bonds. The summed E-state index contributed by atoms with van der Waals surface area (Å²) in [6, 6.07) is 7.09.